The lowest BCUT2D eigenvalue weighted by molar-refractivity contribution is -0.122. The molecule has 0 radical (unpaired) electrons. The molecule has 0 unspecified atom stereocenters. The molecule has 1 aliphatic heterocycles. The molecule has 0 atom stereocenters. The molecule has 35 heavy (non-hydrogen) atoms. The highest BCUT2D eigenvalue weighted by Crippen LogP contribution is 2.31. The number of halogens is 4. The van der Waals surface area contributed by atoms with Gasteiger partial charge in [0.1, 0.15) is 17.9 Å². The van der Waals surface area contributed by atoms with E-state index >= 15 is 0 Å². The van der Waals surface area contributed by atoms with Crippen molar-refractivity contribution in [3.63, 3.8) is 0 Å². The summed E-state index contributed by atoms with van der Waals surface area (Å²) in [7, 11) is 0. The summed E-state index contributed by atoms with van der Waals surface area (Å²) >= 11 is 21.8. The van der Waals surface area contributed by atoms with E-state index in [2.05, 4.69) is 21.2 Å². The summed E-state index contributed by atoms with van der Waals surface area (Å²) in [5.41, 5.74) is 2.06. The number of carbonyl (C=O) groups excluding carboxylic acids is 3. The molecule has 4 rings (SSSR count). The second-order valence-electron chi connectivity index (χ2n) is 7.60. The Bertz CT molecular complexity index is 1410. The van der Waals surface area contributed by atoms with E-state index in [4.69, 9.17) is 39.5 Å². The van der Waals surface area contributed by atoms with Crippen molar-refractivity contribution < 1.29 is 19.1 Å². The lowest BCUT2D eigenvalue weighted by Gasteiger charge is -2.27. The number of nitrogens with zero attached hydrogens (tertiary/aromatic N) is 1. The Morgan fingerprint density at radius 1 is 0.971 bits per heavy atom. The molecule has 0 aromatic heterocycles. The third-order valence-electron chi connectivity index (χ3n) is 5.17. The summed E-state index contributed by atoms with van der Waals surface area (Å²) < 4.78 is 6.56. The van der Waals surface area contributed by atoms with E-state index in [1.54, 1.807) is 61.5 Å². The minimum atomic E-state index is -0.815. The summed E-state index contributed by atoms with van der Waals surface area (Å²) in [5.74, 6) is -1.14. The molecule has 1 N–H and O–H groups in total. The third kappa shape index (κ3) is 5.54. The zero-order valence-electron chi connectivity index (χ0n) is 18.1. The number of rotatable bonds is 5. The summed E-state index contributed by atoms with van der Waals surface area (Å²) in [4.78, 5) is 39.0. The number of hydrogen-bond donors (Lipinski definition) is 1. The largest absolute Gasteiger partial charge is 0.487 e. The van der Waals surface area contributed by atoms with Crippen LogP contribution >= 0.6 is 50.7 Å². The summed E-state index contributed by atoms with van der Waals surface area (Å²) in [5, 5.41) is 3.47. The first kappa shape index (κ1) is 25.3. The van der Waals surface area contributed by atoms with Gasteiger partial charge in [-0.15, -0.1) is 0 Å². The average molecular weight is 595 g/mol. The highest BCUT2D eigenvalue weighted by molar-refractivity contribution is 9.10. The molecule has 1 aliphatic rings. The molecule has 0 bridgehead atoms. The van der Waals surface area contributed by atoms with Crippen molar-refractivity contribution in [1.82, 2.24) is 5.32 Å². The first-order valence-corrected chi connectivity index (χ1v) is 12.1. The maximum atomic E-state index is 13.1. The zero-order chi connectivity index (χ0) is 25.3. The number of nitrogens with one attached hydrogen (secondary N) is 1. The number of aryl methyl sites for hydroxylation is 1. The molecule has 0 saturated carbocycles. The van der Waals surface area contributed by atoms with Gasteiger partial charge in [-0.25, -0.2) is 9.69 Å². The second kappa shape index (κ2) is 10.4. The molecule has 1 saturated heterocycles. The molecule has 3 aromatic carbocycles. The number of urea groups is 1. The van der Waals surface area contributed by atoms with Crippen LogP contribution in [0.25, 0.3) is 6.08 Å². The topological polar surface area (TPSA) is 75.7 Å². The molecule has 1 fully saturated rings. The predicted octanol–water partition coefficient (Wildman–Crippen LogP) is 6.96. The van der Waals surface area contributed by atoms with Crippen molar-refractivity contribution in [1.29, 1.82) is 0 Å². The van der Waals surface area contributed by atoms with E-state index in [0.717, 1.165) is 14.9 Å². The van der Waals surface area contributed by atoms with Crippen molar-refractivity contribution in [2.75, 3.05) is 4.90 Å². The van der Waals surface area contributed by atoms with Gasteiger partial charge in [0.25, 0.3) is 11.8 Å². The van der Waals surface area contributed by atoms with Crippen LogP contribution in [0.4, 0.5) is 10.5 Å². The Morgan fingerprint density at radius 2 is 1.74 bits per heavy atom. The molecule has 4 amide bonds. The van der Waals surface area contributed by atoms with Gasteiger partial charge >= 0.3 is 6.03 Å². The van der Waals surface area contributed by atoms with Crippen LogP contribution in [0.15, 0.2) is 64.6 Å². The highest BCUT2D eigenvalue weighted by Gasteiger charge is 2.37. The van der Waals surface area contributed by atoms with E-state index < -0.39 is 17.8 Å². The van der Waals surface area contributed by atoms with Gasteiger partial charge in [-0.05, 0) is 66.6 Å². The van der Waals surface area contributed by atoms with Crippen molar-refractivity contribution in [3.05, 3.63) is 96.4 Å². The van der Waals surface area contributed by atoms with Crippen LogP contribution in [-0.4, -0.2) is 17.8 Å². The maximum Gasteiger partial charge on any atom is 0.335 e. The van der Waals surface area contributed by atoms with Crippen LogP contribution < -0.4 is 15.0 Å². The Morgan fingerprint density at radius 3 is 2.43 bits per heavy atom. The van der Waals surface area contributed by atoms with Gasteiger partial charge in [-0.2, -0.15) is 0 Å². The minimum absolute atomic E-state index is 0.167. The molecule has 178 valence electrons. The molecule has 3 aromatic rings. The molecule has 6 nitrogen and oxygen atoms in total. The van der Waals surface area contributed by atoms with Crippen molar-refractivity contribution in [2.24, 2.45) is 0 Å². The smallest absolute Gasteiger partial charge is 0.335 e. The van der Waals surface area contributed by atoms with Gasteiger partial charge < -0.3 is 4.74 Å². The SMILES string of the molecule is Cc1cc(Br)ccc1N1C(=O)NC(=O)/C(=C/c2ccc(OCc3ccc(Cl)cc3Cl)c(Cl)c2)C1=O. The van der Waals surface area contributed by atoms with E-state index in [1.165, 1.54) is 6.08 Å². The van der Waals surface area contributed by atoms with Gasteiger partial charge in [-0.1, -0.05) is 62.9 Å². The van der Waals surface area contributed by atoms with Crippen LogP contribution in [0.3, 0.4) is 0 Å². The fourth-order valence-electron chi connectivity index (χ4n) is 3.43. The van der Waals surface area contributed by atoms with Crippen LogP contribution in [0, 0.1) is 6.92 Å². The molecular weight excluding hydrogens is 579 g/mol. The van der Waals surface area contributed by atoms with Gasteiger partial charge in [-0.3, -0.25) is 14.9 Å². The van der Waals surface area contributed by atoms with Gasteiger partial charge in [0.05, 0.1) is 10.7 Å². The summed E-state index contributed by atoms with van der Waals surface area (Å²) in [6.07, 6.45) is 1.37. The zero-order valence-corrected chi connectivity index (χ0v) is 21.9. The van der Waals surface area contributed by atoms with Crippen LogP contribution in [0.5, 0.6) is 5.75 Å². The van der Waals surface area contributed by atoms with E-state index in [0.29, 0.717) is 32.6 Å². The molecule has 0 spiro atoms. The van der Waals surface area contributed by atoms with Crippen LogP contribution in [0.2, 0.25) is 15.1 Å². The van der Waals surface area contributed by atoms with Gasteiger partial charge in [0.2, 0.25) is 0 Å². The average Bonchev–Trinajstić information content (AvgIpc) is 2.78. The minimum Gasteiger partial charge on any atom is -0.487 e. The number of hydrogen-bond acceptors (Lipinski definition) is 4. The molecular formula is C25H16BrCl3N2O4. The van der Waals surface area contributed by atoms with Crippen LogP contribution in [-0.2, 0) is 16.2 Å². The summed E-state index contributed by atoms with van der Waals surface area (Å²) in [6.45, 7) is 1.93. The maximum absolute atomic E-state index is 13.1. The lowest BCUT2D eigenvalue weighted by atomic mass is 10.1. The number of imide groups is 2. The summed E-state index contributed by atoms with van der Waals surface area (Å²) in [6, 6.07) is 14.2. The number of anilines is 1. The first-order valence-electron chi connectivity index (χ1n) is 10.2. The Hall–Kier alpha value is -2.84. The standard InChI is InChI=1S/C25H16BrCl3N2O4/c1-13-8-16(26)4-6-21(13)31-24(33)18(23(32)30-25(31)34)9-14-2-7-22(20(29)10-14)35-12-15-3-5-17(27)11-19(15)28/h2-11H,12H2,1H3,(H,30,32,34)/b18-9-. The number of barbiturate groups is 1. The fourth-order valence-corrected chi connectivity index (χ4v) is 4.61. The second-order valence-corrected chi connectivity index (χ2v) is 9.77. The monoisotopic (exact) mass is 592 g/mol. The number of ether oxygens (including phenoxy) is 1. The normalized spacial score (nSPS) is 14.9. The Balaban J connectivity index is 1.58. The molecule has 10 heteroatoms. The molecule has 0 aliphatic carbocycles. The van der Waals surface area contributed by atoms with Crippen molar-refractivity contribution in [2.45, 2.75) is 13.5 Å². The van der Waals surface area contributed by atoms with E-state index in [1.807, 2.05) is 0 Å². The van der Waals surface area contributed by atoms with E-state index in [-0.39, 0.29) is 17.2 Å². The Labute approximate surface area is 224 Å². The van der Waals surface area contributed by atoms with Crippen molar-refractivity contribution in [3.8, 4) is 5.75 Å². The third-order valence-corrected chi connectivity index (χ3v) is 6.54. The quantitative estimate of drug-likeness (QED) is 0.256. The predicted molar refractivity (Wildman–Crippen MR) is 140 cm³/mol. The molecule has 1 heterocycles. The lowest BCUT2D eigenvalue weighted by Crippen LogP contribution is -2.54. The van der Waals surface area contributed by atoms with Gasteiger partial charge in [0, 0.05) is 20.1 Å². The van der Waals surface area contributed by atoms with Crippen molar-refractivity contribution >= 4 is 80.3 Å². The fraction of sp³-hybridized carbons (Fsp3) is 0.0800. The van der Waals surface area contributed by atoms with Crippen LogP contribution in [0.1, 0.15) is 16.7 Å². The number of amides is 4. The Kier molecular flexibility index (Phi) is 7.52. The number of benzene rings is 3. The first-order chi connectivity index (χ1) is 16.6. The van der Waals surface area contributed by atoms with Gasteiger partial charge in [0.15, 0.2) is 0 Å². The highest BCUT2D eigenvalue weighted by atomic mass is 79.9. The number of carbonyl (C=O) groups is 3. The van der Waals surface area contributed by atoms with E-state index in [9.17, 15) is 14.4 Å².